The van der Waals surface area contributed by atoms with Gasteiger partial charge in [0.05, 0.1) is 24.2 Å². The van der Waals surface area contributed by atoms with E-state index in [1.807, 2.05) is 32.8 Å². The quantitative estimate of drug-likeness (QED) is 0.726. The van der Waals surface area contributed by atoms with Crippen LogP contribution in [-0.2, 0) is 6.54 Å². The van der Waals surface area contributed by atoms with E-state index in [1.54, 1.807) is 12.4 Å². The van der Waals surface area contributed by atoms with E-state index in [4.69, 9.17) is 4.74 Å². The molecule has 0 aliphatic carbocycles. The molecule has 0 spiro atoms. The molecule has 0 saturated carbocycles. The van der Waals surface area contributed by atoms with E-state index in [0.717, 1.165) is 12.2 Å². The summed E-state index contributed by atoms with van der Waals surface area (Å²) in [5.74, 6) is 0.586. The normalized spacial score (nSPS) is 11.0. The van der Waals surface area contributed by atoms with Gasteiger partial charge in [-0.15, -0.1) is 0 Å². The Labute approximate surface area is 84.9 Å². The Morgan fingerprint density at radius 1 is 1.29 bits per heavy atom. The summed E-state index contributed by atoms with van der Waals surface area (Å²) in [4.78, 5) is 10.5. The second-order valence-electron chi connectivity index (χ2n) is 3.75. The van der Waals surface area contributed by atoms with E-state index in [2.05, 4.69) is 9.97 Å². The molecule has 0 aliphatic heterocycles. The van der Waals surface area contributed by atoms with Crippen LogP contribution < -0.4 is 4.74 Å². The smallest absolute Gasteiger partial charge is 0.232 e. The monoisotopic (exact) mass is 195 g/mol. The minimum Gasteiger partial charge on any atom is -0.474 e. The van der Waals surface area contributed by atoms with Crippen molar-refractivity contribution >= 4 is 0 Å². The van der Waals surface area contributed by atoms with Crippen LogP contribution in [-0.4, -0.2) is 35.1 Å². The largest absolute Gasteiger partial charge is 0.474 e. The van der Waals surface area contributed by atoms with E-state index in [-0.39, 0.29) is 6.10 Å². The standard InChI is InChI=1S/C10H17N3O/c1-8(2)14-10-6-11-9(5-12-10)7-13(3)4/h5-6,8H,7H2,1-4H3. The highest BCUT2D eigenvalue weighted by atomic mass is 16.5. The molecule has 0 saturated heterocycles. The van der Waals surface area contributed by atoms with Crippen molar-refractivity contribution < 1.29 is 4.74 Å². The molecule has 78 valence electrons. The Bertz CT molecular complexity index is 240. The fourth-order valence-corrected chi connectivity index (χ4v) is 1.05. The predicted octanol–water partition coefficient (Wildman–Crippen LogP) is 1.33. The van der Waals surface area contributed by atoms with E-state index < -0.39 is 0 Å². The Balaban J connectivity index is 2.59. The maximum absolute atomic E-state index is 5.39. The van der Waals surface area contributed by atoms with Gasteiger partial charge in [0.1, 0.15) is 0 Å². The zero-order chi connectivity index (χ0) is 10.6. The van der Waals surface area contributed by atoms with Crippen molar-refractivity contribution in [1.82, 2.24) is 14.9 Å². The van der Waals surface area contributed by atoms with Crippen LogP contribution in [0.25, 0.3) is 0 Å². The van der Waals surface area contributed by atoms with Crippen LogP contribution >= 0.6 is 0 Å². The van der Waals surface area contributed by atoms with Gasteiger partial charge in [0, 0.05) is 6.54 Å². The summed E-state index contributed by atoms with van der Waals surface area (Å²) in [7, 11) is 4.00. The van der Waals surface area contributed by atoms with Gasteiger partial charge in [-0.2, -0.15) is 0 Å². The average Bonchev–Trinajstić information content (AvgIpc) is 2.06. The van der Waals surface area contributed by atoms with Crippen molar-refractivity contribution in [1.29, 1.82) is 0 Å². The second-order valence-corrected chi connectivity index (χ2v) is 3.75. The van der Waals surface area contributed by atoms with E-state index >= 15 is 0 Å². The van der Waals surface area contributed by atoms with E-state index in [9.17, 15) is 0 Å². The van der Waals surface area contributed by atoms with Gasteiger partial charge in [-0.3, -0.25) is 4.98 Å². The molecular formula is C10H17N3O. The van der Waals surface area contributed by atoms with Gasteiger partial charge in [-0.05, 0) is 27.9 Å². The molecule has 4 nitrogen and oxygen atoms in total. The zero-order valence-electron chi connectivity index (χ0n) is 9.19. The molecule has 0 fully saturated rings. The topological polar surface area (TPSA) is 38.2 Å². The summed E-state index contributed by atoms with van der Waals surface area (Å²) in [6, 6.07) is 0. The third-order valence-corrected chi connectivity index (χ3v) is 1.52. The highest BCUT2D eigenvalue weighted by Crippen LogP contribution is 2.06. The minimum atomic E-state index is 0.143. The van der Waals surface area contributed by atoms with Gasteiger partial charge < -0.3 is 9.64 Å². The van der Waals surface area contributed by atoms with Crippen LogP contribution in [0.5, 0.6) is 5.88 Å². The Morgan fingerprint density at radius 2 is 2.00 bits per heavy atom. The molecule has 1 heterocycles. The molecule has 4 heteroatoms. The lowest BCUT2D eigenvalue weighted by Crippen LogP contribution is -2.13. The molecule has 0 aromatic carbocycles. The molecule has 0 amide bonds. The lowest BCUT2D eigenvalue weighted by Gasteiger charge is -2.10. The molecule has 1 rings (SSSR count). The Morgan fingerprint density at radius 3 is 2.43 bits per heavy atom. The summed E-state index contributed by atoms with van der Waals surface area (Å²) >= 11 is 0. The first-order chi connectivity index (χ1) is 6.58. The van der Waals surface area contributed by atoms with Gasteiger partial charge in [0.2, 0.25) is 5.88 Å². The van der Waals surface area contributed by atoms with Crippen molar-refractivity contribution in [3.63, 3.8) is 0 Å². The van der Waals surface area contributed by atoms with Crippen LogP contribution in [0.15, 0.2) is 12.4 Å². The third-order valence-electron chi connectivity index (χ3n) is 1.52. The van der Waals surface area contributed by atoms with Crippen molar-refractivity contribution in [3.05, 3.63) is 18.1 Å². The van der Waals surface area contributed by atoms with Crippen molar-refractivity contribution in [2.24, 2.45) is 0 Å². The first kappa shape index (κ1) is 10.9. The van der Waals surface area contributed by atoms with E-state index in [0.29, 0.717) is 5.88 Å². The van der Waals surface area contributed by atoms with E-state index in [1.165, 1.54) is 0 Å². The average molecular weight is 195 g/mol. The highest BCUT2D eigenvalue weighted by molar-refractivity contribution is 5.07. The minimum absolute atomic E-state index is 0.143. The molecule has 0 bridgehead atoms. The molecule has 0 N–H and O–H groups in total. The van der Waals surface area contributed by atoms with Crippen LogP contribution in [0.2, 0.25) is 0 Å². The van der Waals surface area contributed by atoms with Crippen LogP contribution in [0, 0.1) is 0 Å². The molecule has 0 aliphatic rings. The van der Waals surface area contributed by atoms with Crippen molar-refractivity contribution in [3.8, 4) is 5.88 Å². The van der Waals surface area contributed by atoms with Crippen LogP contribution in [0.1, 0.15) is 19.5 Å². The van der Waals surface area contributed by atoms with Gasteiger partial charge in [-0.25, -0.2) is 4.98 Å². The van der Waals surface area contributed by atoms with Gasteiger partial charge in [0.25, 0.3) is 0 Å². The first-order valence-corrected chi connectivity index (χ1v) is 4.70. The summed E-state index contributed by atoms with van der Waals surface area (Å²) in [6.45, 7) is 4.74. The number of hydrogen-bond acceptors (Lipinski definition) is 4. The number of ether oxygens (including phenoxy) is 1. The van der Waals surface area contributed by atoms with Crippen LogP contribution in [0.3, 0.4) is 0 Å². The Hall–Kier alpha value is -1.16. The number of rotatable bonds is 4. The number of nitrogens with zero attached hydrogens (tertiary/aromatic N) is 3. The lowest BCUT2D eigenvalue weighted by molar-refractivity contribution is 0.231. The summed E-state index contributed by atoms with van der Waals surface area (Å²) < 4.78 is 5.39. The molecule has 0 atom stereocenters. The SMILES string of the molecule is CC(C)Oc1cnc(CN(C)C)cn1. The van der Waals surface area contributed by atoms with Gasteiger partial charge in [0.15, 0.2) is 0 Å². The lowest BCUT2D eigenvalue weighted by atomic mass is 10.4. The molecular weight excluding hydrogens is 178 g/mol. The van der Waals surface area contributed by atoms with Crippen molar-refractivity contribution in [2.45, 2.75) is 26.5 Å². The fraction of sp³-hybridized carbons (Fsp3) is 0.600. The molecule has 0 unspecified atom stereocenters. The second kappa shape index (κ2) is 4.91. The zero-order valence-corrected chi connectivity index (χ0v) is 9.19. The summed E-state index contributed by atoms with van der Waals surface area (Å²) in [5, 5.41) is 0. The molecule has 1 aromatic heterocycles. The third kappa shape index (κ3) is 3.70. The van der Waals surface area contributed by atoms with Crippen LogP contribution in [0.4, 0.5) is 0 Å². The van der Waals surface area contributed by atoms with Gasteiger partial charge >= 0.3 is 0 Å². The summed E-state index contributed by atoms with van der Waals surface area (Å²) in [6.07, 6.45) is 3.56. The Kier molecular flexibility index (Phi) is 3.83. The molecule has 14 heavy (non-hydrogen) atoms. The van der Waals surface area contributed by atoms with Crippen molar-refractivity contribution in [2.75, 3.05) is 14.1 Å². The maximum Gasteiger partial charge on any atom is 0.232 e. The number of hydrogen-bond donors (Lipinski definition) is 0. The molecule has 1 aromatic rings. The first-order valence-electron chi connectivity index (χ1n) is 4.70. The maximum atomic E-state index is 5.39. The molecule has 0 radical (unpaired) electrons. The fourth-order valence-electron chi connectivity index (χ4n) is 1.05. The number of aromatic nitrogens is 2. The van der Waals surface area contributed by atoms with Gasteiger partial charge in [-0.1, -0.05) is 0 Å². The predicted molar refractivity (Wildman–Crippen MR) is 55.2 cm³/mol. The highest BCUT2D eigenvalue weighted by Gasteiger charge is 2.01. The summed E-state index contributed by atoms with van der Waals surface area (Å²) in [5.41, 5.74) is 0.950.